The third-order valence-corrected chi connectivity index (χ3v) is 2.00. The Morgan fingerprint density at radius 3 is 3.00 bits per heavy atom. The van der Waals surface area contributed by atoms with Crippen molar-refractivity contribution in [2.24, 2.45) is 0 Å². The van der Waals surface area contributed by atoms with Crippen molar-refractivity contribution >= 4 is 5.97 Å². The number of nitrogens with one attached hydrogen (secondary N) is 1. The molecule has 0 aromatic heterocycles. The van der Waals surface area contributed by atoms with Gasteiger partial charge in [-0.1, -0.05) is 0 Å². The molecular formula is C8H15NO3. The van der Waals surface area contributed by atoms with Gasteiger partial charge in [0.05, 0.1) is 18.6 Å². The van der Waals surface area contributed by atoms with E-state index in [0.717, 1.165) is 6.54 Å². The van der Waals surface area contributed by atoms with Crippen LogP contribution in [0.1, 0.15) is 19.8 Å². The van der Waals surface area contributed by atoms with Crippen LogP contribution in [0.4, 0.5) is 0 Å². The lowest BCUT2D eigenvalue weighted by Gasteiger charge is -2.19. The van der Waals surface area contributed by atoms with Crippen LogP contribution in [0.25, 0.3) is 0 Å². The lowest BCUT2D eigenvalue weighted by atomic mass is 9.99. The van der Waals surface area contributed by atoms with E-state index in [1.165, 1.54) is 0 Å². The summed E-state index contributed by atoms with van der Waals surface area (Å²) in [7, 11) is 0. The van der Waals surface area contributed by atoms with Crippen LogP contribution in [0.15, 0.2) is 0 Å². The first-order chi connectivity index (χ1) is 5.66. The summed E-state index contributed by atoms with van der Waals surface area (Å²) in [5.74, 6) is -0.316. The molecule has 1 rings (SSSR count). The van der Waals surface area contributed by atoms with Gasteiger partial charge in [-0.05, 0) is 19.9 Å². The van der Waals surface area contributed by atoms with Crippen molar-refractivity contribution < 1.29 is 14.6 Å². The molecule has 0 bridgehead atoms. The lowest BCUT2D eigenvalue weighted by Crippen LogP contribution is -2.34. The second-order valence-corrected chi connectivity index (χ2v) is 3.13. The van der Waals surface area contributed by atoms with Gasteiger partial charge in [0.25, 0.3) is 0 Å². The number of carbonyl (C=O) groups excluding carboxylic acids is 1. The molecule has 4 nitrogen and oxygen atoms in total. The Balaban J connectivity index is 2.33. The number of esters is 1. The van der Waals surface area contributed by atoms with Gasteiger partial charge in [-0.3, -0.25) is 4.79 Å². The van der Waals surface area contributed by atoms with Crippen molar-refractivity contribution in [1.82, 2.24) is 5.32 Å². The van der Waals surface area contributed by atoms with Crippen LogP contribution in [0, 0.1) is 0 Å². The van der Waals surface area contributed by atoms with E-state index in [0.29, 0.717) is 19.6 Å². The summed E-state index contributed by atoms with van der Waals surface area (Å²) in [4.78, 5) is 11.0. The molecule has 12 heavy (non-hydrogen) atoms. The zero-order chi connectivity index (χ0) is 9.03. The summed E-state index contributed by atoms with van der Waals surface area (Å²) in [5, 5.41) is 12.7. The van der Waals surface area contributed by atoms with Crippen molar-refractivity contribution in [3.63, 3.8) is 0 Å². The maximum Gasteiger partial charge on any atom is 0.308 e. The SMILES string of the molecule is CCOC(=O)C[C@@]1(O)CCNC1. The standard InChI is InChI=1S/C8H15NO3/c1-2-12-7(10)5-8(11)3-4-9-6-8/h9,11H,2-6H2,1H3/t8-/m0/s1. The van der Waals surface area contributed by atoms with Gasteiger partial charge in [0.1, 0.15) is 0 Å². The van der Waals surface area contributed by atoms with Crippen molar-refractivity contribution in [1.29, 1.82) is 0 Å². The smallest absolute Gasteiger partial charge is 0.308 e. The monoisotopic (exact) mass is 173 g/mol. The molecule has 0 unspecified atom stereocenters. The first-order valence-electron chi connectivity index (χ1n) is 4.25. The number of β-amino-alcohol motifs (C(OH)–C–C–N with tert-alkyl or cyclic N) is 1. The van der Waals surface area contributed by atoms with Crippen LogP contribution in [-0.4, -0.2) is 36.4 Å². The van der Waals surface area contributed by atoms with Crippen molar-refractivity contribution in [3.05, 3.63) is 0 Å². The quantitative estimate of drug-likeness (QED) is 0.573. The molecule has 1 aliphatic rings. The van der Waals surface area contributed by atoms with Crippen LogP contribution in [0.5, 0.6) is 0 Å². The van der Waals surface area contributed by atoms with E-state index in [-0.39, 0.29) is 12.4 Å². The predicted octanol–water partition coefficient (Wildman–Crippen LogP) is -0.336. The van der Waals surface area contributed by atoms with E-state index < -0.39 is 5.60 Å². The summed E-state index contributed by atoms with van der Waals surface area (Å²) in [6, 6.07) is 0. The van der Waals surface area contributed by atoms with E-state index in [9.17, 15) is 9.90 Å². The molecule has 1 fully saturated rings. The second-order valence-electron chi connectivity index (χ2n) is 3.13. The van der Waals surface area contributed by atoms with Gasteiger partial charge in [-0.25, -0.2) is 0 Å². The topological polar surface area (TPSA) is 58.6 Å². The zero-order valence-electron chi connectivity index (χ0n) is 7.30. The molecule has 4 heteroatoms. The average molecular weight is 173 g/mol. The minimum absolute atomic E-state index is 0.105. The molecule has 0 radical (unpaired) electrons. The molecule has 70 valence electrons. The fraction of sp³-hybridized carbons (Fsp3) is 0.875. The maximum atomic E-state index is 11.0. The minimum Gasteiger partial charge on any atom is -0.466 e. The fourth-order valence-corrected chi connectivity index (χ4v) is 1.36. The fourth-order valence-electron chi connectivity index (χ4n) is 1.36. The third kappa shape index (κ3) is 2.46. The zero-order valence-corrected chi connectivity index (χ0v) is 7.30. The largest absolute Gasteiger partial charge is 0.466 e. The maximum absolute atomic E-state index is 11.0. The normalized spacial score (nSPS) is 28.8. The Morgan fingerprint density at radius 2 is 2.50 bits per heavy atom. The molecule has 0 saturated carbocycles. The highest BCUT2D eigenvalue weighted by molar-refractivity contribution is 5.70. The summed E-state index contributed by atoms with van der Waals surface area (Å²) < 4.78 is 4.74. The summed E-state index contributed by atoms with van der Waals surface area (Å²) in [6.07, 6.45) is 0.736. The van der Waals surface area contributed by atoms with E-state index in [2.05, 4.69) is 5.32 Å². The summed E-state index contributed by atoms with van der Waals surface area (Å²) in [6.45, 7) is 3.40. The summed E-state index contributed by atoms with van der Waals surface area (Å²) in [5.41, 5.74) is -0.869. The Kier molecular flexibility index (Phi) is 3.05. The van der Waals surface area contributed by atoms with Gasteiger partial charge in [-0.15, -0.1) is 0 Å². The number of ether oxygens (including phenoxy) is 1. The molecular weight excluding hydrogens is 158 g/mol. The molecule has 1 saturated heterocycles. The lowest BCUT2D eigenvalue weighted by molar-refractivity contribution is -0.148. The van der Waals surface area contributed by atoms with Crippen molar-refractivity contribution in [2.45, 2.75) is 25.4 Å². The molecule has 0 aromatic rings. The second kappa shape index (κ2) is 3.87. The molecule has 0 aromatic carbocycles. The van der Waals surface area contributed by atoms with Gasteiger partial charge in [0.15, 0.2) is 0 Å². The van der Waals surface area contributed by atoms with Crippen LogP contribution < -0.4 is 5.32 Å². The average Bonchev–Trinajstić information content (AvgIpc) is 2.36. The Bertz CT molecular complexity index is 164. The molecule has 1 atom stereocenters. The van der Waals surface area contributed by atoms with E-state index in [1.54, 1.807) is 6.92 Å². The number of rotatable bonds is 3. The van der Waals surface area contributed by atoms with Gasteiger partial charge in [-0.2, -0.15) is 0 Å². The van der Waals surface area contributed by atoms with Crippen LogP contribution in [-0.2, 0) is 9.53 Å². The Hall–Kier alpha value is -0.610. The molecule has 0 amide bonds. The molecule has 2 N–H and O–H groups in total. The highest BCUT2D eigenvalue weighted by Crippen LogP contribution is 2.18. The van der Waals surface area contributed by atoms with Crippen molar-refractivity contribution in [3.8, 4) is 0 Å². The first-order valence-corrected chi connectivity index (χ1v) is 4.25. The molecule has 0 spiro atoms. The van der Waals surface area contributed by atoms with Crippen LogP contribution in [0.2, 0.25) is 0 Å². The van der Waals surface area contributed by atoms with Gasteiger partial charge >= 0.3 is 5.97 Å². The summed E-state index contributed by atoms with van der Waals surface area (Å²) >= 11 is 0. The van der Waals surface area contributed by atoms with Crippen LogP contribution in [0.3, 0.4) is 0 Å². The molecule has 0 aliphatic carbocycles. The number of aliphatic hydroxyl groups is 1. The minimum atomic E-state index is -0.869. The van der Waals surface area contributed by atoms with Gasteiger partial charge in [0, 0.05) is 6.54 Å². The van der Waals surface area contributed by atoms with E-state index in [1.807, 2.05) is 0 Å². The van der Waals surface area contributed by atoms with Crippen LogP contribution >= 0.6 is 0 Å². The molecule has 1 aliphatic heterocycles. The highest BCUT2D eigenvalue weighted by Gasteiger charge is 2.33. The Labute approximate surface area is 71.9 Å². The third-order valence-electron chi connectivity index (χ3n) is 2.00. The number of hydrogen-bond acceptors (Lipinski definition) is 4. The van der Waals surface area contributed by atoms with E-state index in [4.69, 9.17) is 4.74 Å². The van der Waals surface area contributed by atoms with Gasteiger partial charge in [0.2, 0.25) is 0 Å². The highest BCUT2D eigenvalue weighted by atomic mass is 16.5. The molecule has 1 heterocycles. The van der Waals surface area contributed by atoms with Crippen molar-refractivity contribution in [2.75, 3.05) is 19.7 Å². The number of hydrogen-bond donors (Lipinski definition) is 2. The first kappa shape index (κ1) is 9.48. The van der Waals surface area contributed by atoms with Gasteiger partial charge < -0.3 is 15.2 Å². The van der Waals surface area contributed by atoms with E-state index >= 15 is 0 Å². The predicted molar refractivity (Wildman–Crippen MR) is 43.7 cm³/mol. The number of carbonyl (C=O) groups is 1. The Morgan fingerprint density at radius 1 is 1.75 bits per heavy atom.